The van der Waals surface area contributed by atoms with Crippen LogP contribution in [0.2, 0.25) is 0 Å². The van der Waals surface area contributed by atoms with Gasteiger partial charge in [0.05, 0.1) is 19.8 Å². The van der Waals surface area contributed by atoms with Gasteiger partial charge in [0, 0.05) is 23.7 Å². The fraction of sp³-hybridized carbons (Fsp3) is 0.318. The molecule has 0 atom stereocenters. The summed E-state index contributed by atoms with van der Waals surface area (Å²) in [5.74, 6) is -0.0960. The molecule has 3 N–H and O–H groups in total. The van der Waals surface area contributed by atoms with E-state index in [1.165, 1.54) is 31.2 Å². The first-order valence-electron chi connectivity index (χ1n) is 9.94. The zero-order valence-corrected chi connectivity index (χ0v) is 18.0. The van der Waals surface area contributed by atoms with Crippen molar-refractivity contribution in [2.24, 2.45) is 0 Å². The lowest BCUT2D eigenvalue weighted by Gasteiger charge is -2.17. The monoisotopic (exact) mass is 429 g/mol. The molecule has 3 amide bonds. The topological polar surface area (TPSA) is 115 Å². The van der Waals surface area contributed by atoms with E-state index in [4.69, 9.17) is 14.2 Å². The molecule has 0 fully saturated rings. The average molecular weight is 429 g/mol. The molecule has 31 heavy (non-hydrogen) atoms. The molecule has 2 rings (SSSR count). The minimum atomic E-state index is -0.548. The summed E-state index contributed by atoms with van der Waals surface area (Å²) in [4.78, 5) is 36.0. The molecule has 0 heterocycles. The van der Waals surface area contributed by atoms with Crippen molar-refractivity contribution >= 4 is 23.4 Å². The van der Waals surface area contributed by atoms with Gasteiger partial charge in [0.2, 0.25) is 11.7 Å². The van der Waals surface area contributed by atoms with Crippen molar-refractivity contribution in [3.05, 3.63) is 47.5 Å². The van der Waals surface area contributed by atoms with Crippen molar-refractivity contribution < 1.29 is 28.6 Å². The molecule has 9 nitrogen and oxygen atoms in total. The maximum Gasteiger partial charge on any atom is 0.269 e. The van der Waals surface area contributed by atoms with Crippen LogP contribution in [0.3, 0.4) is 0 Å². The Morgan fingerprint density at radius 3 is 1.68 bits per heavy atom. The van der Waals surface area contributed by atoms with Gasteiger partial charge in [-0.3, -0.25) is 25.2 Å². The summed E-state index contributed by atoms with van der Waals surface area (Å²) in [7, 11) is 0. The van der Waals surface area contributed by atoms with Crippen LogP contribution in [0.25, 0.3) is 0 Å². The minimum Gasteiger partial charge on any atom is -0.490 e. The van der Waals surface area contributed by atoms with Crippen LogP contribution in [0.15, 0.2) is 36.4 Å². The first-order valence-corrected chi connectivity index (χ1v) is 9.94. The van der Waals surface area contributed by atoms with Crippen LogP contribution in [0, 0.1) is 0 Å². The van der Waals surface area contributed by atoms with E-state index in [9.17, 15) is 14.4 Å². The number of benzene rings is 2. The Labute approximate surface area is 181 Å². The van der Waals surface area contributed by atoms with E-state index in [0.29, 0.717) is 48.3 Å². The van der Waals surface area contributed by atoms with Crippen molar-refractivity contribution in [3.63, 3.8) is 0 Å². The van der Waals surface area contributed by atoms with Crippen molar-refractivity contribution in [2.45, 2.75) is 27.7 Å². The number of nitrogens with one attached hydrogen (secondary N) is 3. The van der Waals surface area contributed by atoms with Crippen LogP contribution < -0.4 is 30.4 Å². The average Bonchev–Trinajstić information content (AvgIpc) is 2.74. The first-order chi connectivity index (χ1) is 14.9. The summed E-state index contributed by atoms with van der Waals surface area (Å²) >= 11 is 0. The van der Waals surface area contributed by atoms with Gasteiger partial charge in [-0.1, -0.05) is 0 Å². The zero-order chi connectivity index (χ0) is 22.8. The molecular weight excluding hydrogens is 402 g/mol. The van der Waals surface area contributed by atoms with Gasteiger partial charge >= 0.3 is 0 Å². The van der Waals surface area contributed by atoms with Crippen LogP contribution in [-0.4, -0.2) is 37.5 Å². The summed E-state index contributed by atoms with van der Waals surface area (Å²) in [5, 5.41) is 2.61. The highest BCUT2D eigenvalue weighted by atomic mass is 16.5. The Bertz CT molecular complexity index is 900. The van der Waals surface area contributed by atoms with Gasteiger partial charge in [-0.25, -0.2) is 0 Å². The Kier molecular flexibility index (Phi) is 8.68. The standard InChI is InChI=1S/C22H27N3O6/c1-5-29-18-12-16(13-19(30-6-2)20(18)31-7-3)22(28)25-24-21(27)15-8-10-17(11-9-15)23-14(4)26/h8-13H,5-7H2,1-4H3,(H,23,26)(H,24,27)(H,25,28). The van der Waals surface area contributed by atoms with Gasteiger partial charge < -0.3 is 19.5 Å². The molecule has 0 bridgehead atoms. The Hall–Kier alpha value is -3.75. The first kappa shape index (κ1) is 23.5. The van der Waals surface area contributed by atoms with Gasteiger partial charge in [0.25, 0.3) is 11.8 Å². The zero-order valence-electron chi connectivity index (χ0n) is 18.0. The number of carbonyl (C=O) groups is 3. The quantitative estimate of drug-likeness (QED) is 0.528. The molecule has 2 aromatic rings. The summed E-state index contributed by atoms with van der Waals surface area (Å²) < 4.78 is 16.8. The molecule has 0 aliphatic rings. The molecule has 9 heteroatoms. The Morgan fingerprint density at radius 2 is 1.23 bits per heavy atom. The molecule has 0 spiro atoms. The van der Waals surface area contributed by atoms with E-state index >= 15 is 0 Å². The van der Waals surface area contributed by atoms with E-state index in [-0.39, 0.29) is 11.5 Å². The Morgan fingerprint density at radius 1 is 0.742 bits per heavy atom. The lowest BCUT2D eigenvalue weighted by atomic mass is 10.1. The molecule has 0 aromatic heterocycles. The van der Waals surface area contributed by atoms with E-state index < -0.39 is 11.8 Å². The number of hydrogen-bond acceptors (Lipinski definition) is 6. The number of rotatable bonds is 9. The van der Waals surface area contributed by atoms with Crippen LogP contribution in [0.1, 0.15) is 48.4 Å². The summed E-state index contributed by atoms with van der Waals surface area (Å²) in [6.07, 6.45) is 0. The number of hydrazine groups is 1. The van der Waals surface area contributed by atoms with Crippen molar-refractivity contribution in [3.8, 4) is 17.2 Å². The molecule has 2 aromatic carbocycles. The smallest absolute Gasteiger partial charge is 0.269 e. The van der Waals surface area contributed by atoms with Crippen LogP contribution in [-0.2, 0) is 4.79 Å². The minimum absolute atomic E-state index is 0.210. The summed E-state index contributed by atoms with van der Waals surface area (Å²) in [5.41, 5.74) is 5.84. The van der Waals surface area contributed by atoms with Crippen LogP contribution >= 0.6 is 0 Å². The van der Waals surface area contributed by atoms with Crippen molar-refractivity contribution in [2.75, 3.05) is 25.1 Å². The number of anilines is 1. The second-order valence-corrected chi connectivity index (χ2v) is 6.27. The highest BCUT2D eigenvalue weighted by Gasteiger charge is 2.19. The fourth-order valence-electron chi connectivity index (χ4n) is 2.69. The van der Waals surface area contributed by atoms with E-state index in [2.05, 4.69) is 16.2 Å². The Balaban J connectivity index is 2.13. The van der Waals surface area contributed by atoms with Crippen LogP contribution in [0.4, 0.5) is 5.69 Å². The third-order valence-electron chi connectivity index (χ3n) is 3.93. The molecule has 0 saturated heterocycles. The predicted octanol–water partition coefficient (Wildman–Crippen LogP) is 2.92. The second-order valence-electron chi connectivity index (χ2n) is 6.27. The third kappa shape index (κ3) is 6.63. The normalized spacial score (nSPS) is 10.1. The lowest BCUT2D eigenvalue weighted by Crippen LogP contribution is -2.41. The number of carbonyl (C=O) groups excluding carboxylic acids is 3. The van der Waals surface area contributed by atoms with Gasteiger partial charge in [-0.2, -0.15) is 0 Å². The maximum absolute atomic E-state index is 12.6. The molecule has 0 saturated carbocycles. The molecule has 0 aliphatic carbocycles. The second kappa shape index (κ2) is 11.4. The van der Waals surface area contributed by atoms with Gasteiger partial charge in [0.1, 0.15) is 0 Å². The van der Waals surface area contributed by atoms with E-state index in [0.717, 1.165) is 0 Å². The number of ether oxygens (including phenoxy) is 3. The number of hydrogen-bond donors (Lipinski definition) is 3. The summed E-state index contributed by atoms with van der Waals surface area (Å²) in [6.45, 7) is 8.03. The highest BCUT2D eigenvalue weighted by molar-refractivity contribution is 6.00. The van der Waals surface area contributed by atoms with Gasteiger partial charge in [0.15, 0.2) is 11.5 Å². The largest absolute Gasteiger partial charge is 0.490 e. The molecule has 0 unspecified atom stereocenters. The highest BCUT2D eigenvalue weighted by Crippen LogP contribution is 2.39. The molecule has 0 radical (unpaired) electrons. The molecular formula is C22H27N3O6. The van der Waals surface area contributed by atoms with E-state index in [1.807, 2.05) is 20.8 Å². The lowest BCUT2D eigenvalue weighted by molar-refractivity contribution is -0.114. The SMILES string of the molecule is CCOc1cc(C(=O)NNC(=O)c2ccc(NC(C)=O)cc2)cc(OCC)c1OCC. The molecule has 0 aliphatic heterocycles. The van der Waals surface area contributed by atoms with Gasteiger partial charge in [-0.05, 0) is 57.2 Å². The van der Waals surface area contributed by atoms with Crippen molar-refractivity contribution in [1.29, 1.82) is 0 Å². The number of amides is 3. The molecule has 166 valence electrons. The maximum atomic E-state index is 12.6. The van der Waals surface area contributed by atoms with Crippen LogP contribution in [0.5, 0.6) is 17.2 Å². The third-order valence-corrected chi connectivity index (χ3v) is 3.93. The van der Waals surface area contributed by atoms with Crippen molar-refractivity contribution in [1.82, 2.24) is 10.9 Å². The predicted molar refractivity (Wildman–Crippen MR) is 116 cm³/mol. The fourth-order valence-corrected chi connectivity index (χ4v) is 2.69. The summed E-state index contributed by atoms with van der Waals surface area (Å²) in [6, 6.07) is 9.30. The van der Waals surface area contributed by atoms with Gasteiger partial charge in [-0.15, -0.1) is 0 Å². The van der Waals surface area contributed by atoms with E-state index in [1.54, 1.807) is 12.1 Å².